The van der Waals surface area contributed by atoms with E-state index in [2.05, 4.69) is 5.32 Å². The van der Waals surface area contributed by atoms with E-state index in [-0.39, 0.29) is 11.7 Å². The summed E-state index contributed by atoms with van der Waals surface area (Å²) in [5.74, 6) is 1.47. The van der Waals surface area contributed by atoms with E-state index < -0.39 is 6.04 Å². The predicted molar refractivity (Wildman–Crippen MR) is 75.1 cm³/mol. The highest BCUT2D eigenvalue weighted by Gasteiger charge is 2.14. The van der Waals surface area contributed by atoms with Crippen LogP contribution in [0.1, 0.15) is 17.1 Å². The number of carbonyl (C=O) groups excluding carboxylic acids is 1. The molecule has 0 fully saturated rings. The molecule has 1 amide bonds. The van der Waals surface area contributed by atoms with Gasteiger partial charge in [0.2, 0.25) is 5.91 Å². The van der Waals surface area contributed by atoms with Crippen molar-refractivity contribution in [1.82, 2.24) is 5.32 Å². The molecule has 0 spiro atoms. The Morgan fingerprint density at radius 1 is 1.30 bits per heavy atom. The first-order valence-electron chi connectivity index (χ1n) is 6.41. The predicted octanol–water partition coefficient (Wildman–Crippen LogP) is 1.48. The second-order valence-corrected chi connectivity index (χ2v) is 4.71. The van der Waals surface area contributed by atoms with Gasteiger partial charge < -0.3 is 20.6 Å². The van der Waals surface area contributed by atoms with E-state index >= 15 is 0 Å². The van der Waals surface area contributed by atoms with Crippen molar-refractivity contribution in [3.8, 4) is 5.75 Å². The summed E-state index contributed by atoms with van der Waals surface area (Å²) in [5.41, 5.74) is 6.75. The molecule has 0 aliphatic heterocycles. The van der Waals surface area contributed by atoms with E-state index in [1.165, 1.54) is 0 Å². The van der Waals surface area contributed by atoms with E-state index in [0.29, 0.717) is 18.7 Å². The van der Waals surface area contributed by atoms with Gasteiger partial charge >= 0.3 is 0 Å². The van der Waals surface area contributed by atoms with Crippen LogP contribution in [0.2, 0.25) is 0 Å². The topological polar surface area (TPSA) is 88.5 Å². The molecule has 5 nitrogen and oxygen atoms in total. The van der Waals surface area contributed by atoms with Crippen molar-refractivity contribution in [3.05, 3.63) is 53.5 Å². The molecule has 0 aliphatic rings. The van der Waals surface area contributed by atoms with Crippen molar-refractivity contribution in [2.75, 3.05) is 0 Å². The number of benzene rings is 1. The molecule has 0 saturated carbocycles. The van der Waals surface area contributed by atoms with Gasteiger partial charge in [-0.25, -0.2) is 0 Å². The van der Waals surface area contributed by atoms with Crippen LogP contribution >= 0.6 is 0 Å². The quantitative estimate of drug-likeness (QED) is 0.770. The summed E-state index contributed by atoms with van der Waals surface area (Å²) in [4.78, 5) is 11.9. The third-order valence-corrected chi connectivity index (χ3v) is 2.96. The highest BCUT2D eigenvalue weighted by Crippen LogP contribution is 2.11. The number of furan rings is 1. The number of aryl methyl sites for hydroxylation is 1. The van der Waals surface area contributed by atoms with Crippen LogP contribution in [0.15, 0.2) is 40.8 Å². The summed E-state index contributed by atoms with van der Waals surface area (Å²) in [6.45, 7) is 2.18. The molecular formula is C15H18N2O3. The molecule has 0 aliphatic carbocycles. The third-order valence-electron chi connectivity index (χ3n) is 2.96. The molecule has 2 rings (SSSR count). The summed E-state index contributed by atoms with van der Waals surface area (Å²) in [7, 11) is 0. The fourth-order valence-corrected chi connectivity index (χ4v) is 1.86. The molecular weight excluding hydrogens is 256 g/mol. The monoisotopic (exact) mass is 274 g/mol. The Morgan fingerprint density at radius 2 is 2.00 bits per heavy atom. The van der Waals surface area contributed by atoms with Gasteiger partial charge in [0.1, 0.15) is 17.3 Å². The Labute approximate surface area is 117 Å². The van der Waals surface area contributed by atoms with Gasteiger partial charge in [0.15, 0.2) is 0 Å². The van der Waals surface area contributed by atoms with E-state index in [0.717, 1.165) is 11.3 Å². The molecule has 0 bridgehead atoms. The Morgan fingerprint density at radius 3 is 2.60 bits per heavy atom. The fourth-order valence-electron chi connectivity index (χ4n) is 1.86. The van der Waals surface area contributed by atoms with Crippen molar-refractivity contribution in [3.63, 3.8) is 0 Å². The van der Waals surface area contributed by atoms with Crippen molar-refractivity contribution < 1.29 is 14.3 Å². The summed E-state index contributed by atoms with van der Waals surface area (Å²) < 4.78 is 5.36. The minimum absolute atomic E-state index is 0.194. The van der Waals surface area contributed by atoms with Crippen LogP contribution in [0.4, 0.5) is 0 Å². The molecule has 1 aromatic carbocycles. The first-order chi connectivity index (χ1) is 9.54. The average Bonchev–Trinajstić information content (AvgIpc) is 2.84. The van der Waals surface area contributed by atoms with Gasteiger partial charge in [-0.3, -0.25) is 4.79 Å². The molecule has 106 valence electrons. The largest absolute Gasteiger partial charge is 0.508 e. The van der Waals surface area contributed by atoms with Crippen LogP contribution in [-0.4, -0.2) is 17.1 Å². The number of phenols is 1. The first-order valence-corrected chi connectivity index (χ1v) is 6.41. The fraction of sp³-hybridized carbons (Fsp3) is 0.267. The summed E-state index contributed by atoms with van der Waals surface area (Å²) >= 11 is 0. The lowest BCUT2D eigenvalue weighted by atomic mass is 10.1. The number of phenolic OH excluding ortho intramolecular Hbond substituents is 1. The van der Waals surface area contributed by atoms with Crippen LogP contribution in [0.5, 0.6) is 5.75 Å². The molecule has 1 atom stereocenters. The molecule has 1 heterocycles. The van der Waals surface area contributed by atoms with Gasteiger partial charge in [0.25, 0.3) is 0 Å². The van der Waals surface area contributed by atoms with Gasteiger partial charge in [-0.1, -0.05) is 12.1 Å². The second-order valence-electron chi connectivity index (χ2n) is 4.71. The normalized spacial score (nSPS) is 12.1. The SMILES string of the molecule is Cc1ccc(CNC(=O)C(N)Cc2ccc(O)cc2)o1. The summed E-state index contributed by atoms with van der Waals surface area (Å²) in [5, 5.41) is 11.9. The minimum atomic E-state index is -0.629. The molecule has 20 heavy (non-hydrogen) atoms. The van der Waals surface area contributed by atoms with Crippen LogP contribution in [0.3, 0.4) is 0 Å². The molecule has 1 unspecified atom stereocenters. The highest BCUT2D eigenvalue weighted by atomic mass is 16.3. The molecule has 4 N–H and O–H groups in total. The number of amides is 1. The highest BCUT2D eigenvalue weighted by molar-refractivity contribution is 5.81. The van der Waals surface area contributed by atoms with Gasteiger partial charge in [0.05, 0.1) is 12.6 Å². The summed E-state index contributed by atoms with van der Waals surface area (Å²) in [6, 6.07) is 9.68. The van der Waals surface area contributed by atoms with Crippen molar-refractivity contribution in [2.45, 2.75) is 25.9 Å². The van der Waals surface area contributed by atoms with E-state index in [1.807, 2.05) is 19.1 Å². The van der Waals surface area contributed by atoms with Gasteiger partial charge in [0, 0.05) is 0 Å². The van der Waals surface area contributed by atoms with E-state index in [9.17, 15) is 9.90 Å². The Kier molecular flexibility index (Phi) is 4.42. The van der Waals surface area contributed by atoms with E-state index in [4.69, 9.17) is 10.2 Å². The van der Waals surface area contributed by atoms with E-state index in [1.54, 1.807) is 24.3 Å². The lowest BCUT2D eigenvalue weighted by Gasteiger charge is -2.11. The van der Waals surface area contributed by atoms with Crippen LogP contribution in [-0.2, 0) is 17.8 Å². The maximum Gasteiger partial charge on any atom is 0.237 e. The zero-order valence-corrected chi connectivity index (χ0v) is 11.3. The Balaban J connectivity index is 1.84. The number of hydrogen-bond donors (Lipinski definition) is 3. The number of nitrogens with one attached hydrogen (secondary N) is 1. The molecule has 2 aromatic rings. The maximum absolute atomic E-state index is 11.9. The smallest absolute Gasteiger partial charge is 0.237 e. The third kappa shape index (κ3) is 3.86. The first kappa shape index (κ1) is 14.1. The Hall–Kier alpha value is -2.27. The molecule has 0 radical (unpaired) electrons. The number of carbonyl (C=O) groups is 1. The van der Waals surface area contributed by atoms with Gasteiger partial charge in [-0.15, -0.1) is 0 Å². The number of aromatic hydroxyl groups is 1. The lowest BCUT2D eigenvalue weighted by molar-refractivity contribution is -0.122. The van der Waals surface area contributed by atoms with Crippen molar-refractivity contribution in [1.29, 1.82) is 0 Å². The number of nitrogens with two attached hydrogens (primary N) is 1. The zero-order chi connectivity index (χ0) is 14.5. The molecule has 5 heteroatoms. The van der Waals surface area contributed by atoms with Crippen molar-refractivity contribution in [2.24, 2.45) is 5.73 Å². The van der Waals surface area contributed by atoms with Gasteiger partial charge in [-0.05, 0) is 43.2 Å². The zero-order valence-electron chi connectivity index (χ0n) is 11.3. The number of hydrogen-bond acceptors (Lipinski definition) is 4. The summed E-state index contributed by atoms with van der Waals surface area (Å²) in [6.07, 6.45) is 0.420. The van der Waals surface area contributed by atoms with Crippen LogP contribution < -0.4 is 11.1 Å². The minimum Gasteiger partial charge on any atom is -0.508 e. The maximum atomic E-state index is 11.9. The van der Waals surface area contributed by atoms with Gasteiger partial charge in [-0.2, -0.15) is 0 Å². The standard InChI is InChI=1S/C15H18N2O3/c1-10-2-7-13(20-10)9-17-15(19)14(16)8-11-3-5-12(18)6-4-11/h2-7,14,18H,8-9,16H2,1H3,(H,17,19). The lowest BCUT2D eigenvalue weighted by Crippen LogP contribution is -2.41. The van der Waals surface area contributed by atoms with Crippen LogP contribution in [0.25, 0.3) is 0 Å². The number of rotatable bonds is 5. The molecule has 1 aromatic heterocycles. The molecule has 0 saturated heterocycles. The average molecular weight is 274 g/mol. The second kappa shape index (κ2) is 6.25. The van der Waals surface area contributed by atoms with Crippen molar-refractivity contribution >= 4 is 5.91 Å². The van der Waals surface area contributed by atoms with Crippen LogP contribution in [0, 0.1) is 6.92 Å². The Bertz CT molecular complexity index is 575.